The molecule has 0 aliphatic carbocycles. The van der Waals surface area contributed by atoms with E-state index in [0.717, 1.165) is 6.07 Å². The second-order valence-corrected chi connectivity index (χ2v) is 3.31. The smallest absolute Gasteiger partial charge is 0.166 e. The number of fused-ring (bicyclic) bond motifs is 1. The van der Waals surface area contributed by atoms with E-state index in [1.165, 1.54) is 18.2 Å². The first kappa shape index (κ1) is 13.2. The van der Waals surface area contributed by atoms with Crippen LogP contribution in [0, 0.1) is 23.5 Å². The van der Waals surface area contributed by atoms with E-state index in [1.807, 2.05) is 13.8 Å². The number of halogens is 2. The second-order valence-electron chi connectivity index (χ2n) is 3.31. The lowest BCUT2D eigenvalue weighted by Crippen LogP contribution is -1.88. The maximum atomic E-state index is 13.4. The fraction of sp³-hybridized carbons (Fsp3) is 0.231. The van der Waals surface area contributed by atoms with Gasteiger partial charge in [0.05, 0.1) is 0 Å². The summed E-state index contributed by atoms with van der Waals surface area (Å²) in [5.41, 5.74) is 0.713. The minimum absolute atomic E-state index is 0.197. The van der Waals surface area contributed by atoms with Gasteiger partial charge in [-0.1, -0.05) is 19.9 Å². The summed E-state index contributed by atoms with van der Waals surface area (Å²) in [6, 6.07) is 5.32. The van der Waals surface area contributed by atoms with Crippen LogP contribution in [-0.2, 0) is 0 Å². The van der Waals surface area contributed by atoms with Gasteiger partial charge >= 0.3 is 0 Å². The Morgan fingerprint density at radius 2 is 1.76 bits per heavy atom. The van der Waals surface area contributed by atoms with E-state index in [9.17, 15) is 13.7 Å². The summed E-state index contributed by atoms with van der Waals surface area (Å²) in [7, 11) is 0. The average molecular weight is 237 g/mol. The number of hydrogen-bond acceptors (Lipinski definition) is 2. The summed E-state index contributed by atoms with van der Waals surface area (Å²) in [5.74, 6) is -1.78. The van der Waals surface area contributed by atoms with Crippen molar-refractivity contribution in [3.63, 3.8) is 0 Å². The van der Waals surface area contributed by atoms with Crippen molar-refractivity contribution in [3.8, 4) is 0 Å². The van der Waals surface area contributed by atoms with E-state index in [-0.39, 0.29) is 11.1 Å². The van der Waals surface area contributed by atoms with Crippen LogP contribution in [0.2, 0.25) is 0 Å². The van der Waals surface area contributed by atoms with Crippen molar-refractivity contribution in [1.82, 2.24) is 0 Å². The van der Waals surface area contributed by atoms with Gasteiger partial charge in [-0.15, -0.1) is 4.91 Å². The molecule has 2 aromatic rings. The molecule has 0 saturated carbocycles. The number of hydrogen-bond donors (Lipinski definition) is 0. The Morgan fingerprint density at radius 3 is 2.35 bits per heavy atom. The molecule has 0 N–H and O–H groups in total. The standard InChI is InChI=1S/C11H7F2NO.C2H6/c1-6-4-8(14-15)5-7-2-3-9(12)11(13)10(6)7;1-2/h2-5H,1H3;1-2H3. The van der Waals surface area contributed by atoms with Gasteiger partial charge in [0.25, 0.3) is 0 Å². The van der Waals surface area contributed by atoms with Crippen LogP contribution in [0.25, 0.3) is 10.8 Å². The molecule has 0 amide bonds. The predicted octanol–water partition coefficient (Wildman–Crippen LogP) is 4.85. The van der Waals surface area contributed by atoms with Crippen LogP contribution in [-0.4, -0.2) is 0 Å². The predicted molar refractivity (Wildman–Crippen MR) is 65.4 cm³/mol. The Labute approximate surface area is 98.2 Å². The quantitative estimate of drug-likeness (QED) is 0.652. The first-order valence-electron chi connectivity index (χ1n) is 5.35. The van der Waals surface area contributed by atoms with Gasteiger partial charge in [-0.05, 0) is 41.2 Å². The molecule has 0 aliphatic heterocycles. The summed E-state index contributed by atoms with van der Waals surface area (Å²) in [6.45, 7) is 5.61. The third-order valence-electron chi connectivity index (χ3n) is 2.29. The molecule has 0 bridgehead atoms. The lowest BCUT2D eigenvalue weighted by atomic mass is 10.0. The minimum atomic E-state index is -0.891. The molecule has 2 nitrogen and oxygen atoms in total. The van der Waals surface area contributed by atoms with Gasteiger partial charge in [-0.3, -0.25) is 0 Å². The summed E-state index contributed by atoms with van der Waals surface area (Å²) < 4.78 is 26.4. The van der Waals surface area contributed by atoms with Gasteiger partial charge in [0, 0.05) is 5.39 Å². The third kappa shape index (κ3) is 2.46. The van der Waals surface area contributed by atoms with Crippen molar-refractivity contribution in [2.75, 3.05) is 0 Å². The molecule has 0 unspecified atom stereocenters. The Balaban J connectivity index is 0.000000686. The molecule has 2 aromatic carbocycles. The van der Waals surface area contributed by atoms with Crippen molar-refractivity contribution >= 4 is 16.5 Å². The van der Waals surface area contributed by atoms with Gasteiger partial charge in [-0.25, -0.2) is 8.78 Å². The highest BCUT2D eigenvalue weighted by Crippen LogP contribution is 2.28. The summed E-state index contributed by atoms with van der Waals surface area (Å²) in [6.07, 6.45) is 0. The highest BCUT2D eigenvalue weighted by molar-refractivity contribution is 5.88. The maximum Gasteiger partial charge on any atom is 0.166 e. The molecule has 0 aromatic heterocycles. The molecular formula is C13H13F2NO. The molecule has 2 rings (SSSR count). The number of nitroso groups, excluding NO2 is 1. The summed E-state index contributed by atoms with van der Waals surface area (Å²) in [4.78, 5) is 10.3. The monoisotopic (exact) mass is 237 g/mol. The molecule has 0 radical (unpaired) electrons. The van der Waals surface area contributed by atoms with Crippen LogP contribution < -0.4 is 0 Å². The Morgan fingerprint density at radius 1 is 1.12 bits per heavy atom. The molecule has 90 valence electrons. The third-order valence-corrected chi connectivity index (χ3v) is 2.29. The van der Waals surface area contributed by atoms with Crippen molar-refractivity contribution in [3.05, 3.63) is 46.4 Å². The molecular weight excluding hydrogens is 224 g/mol. The molecule has 0 aliphatic rings. The second kappa shape index (κ2) is 5.48. The van der Waals surface area contributed by atoms with E-state index >= 15 is 0 Å². The molecule has 0 atom stereocenters. The highest BCUT2D eigenvalue weighted by atomic mass is 19.2. The van der Waals surface area contributed by atoms with Gasteiger partial charge in [-0.2, -0.15) is 0 Å². The van der Waals surface area contributed by atoms with Gasteiger partial charge in [0.15, 0.2) is 11.6 Å². The van der Waals surface area contributed by atoms with Crippen molar-refractivity contribution < 1.29 is 8.78 Å². The van der Waals surface area contributed by atoms with Gasteiger partial charge in [0.1, 0.15) is 5.69 Å². The van der Waals surface area contributed by atoms with Crippen LogP contribution in [0.15, 0.2) is 29.4 Å². The Kier molecular flexibility index (Phi) is 4.26. The van der Waals surface area contributed by atoms with Crippen molar-refractivity contribution in [2.24, 2.45) is 5.18 Å². The zero-order chi connectivity index (χ0) is 13.0. The van der Waals surface area contributed by atoms with Crippen LogP contribution in [0.5, 0.6) is 0 Å². The maximum absolute atomic E-state index is 13.4. The van der Waals surface area contributed by atoms with Crippen LogP contribution >= 0.6 is 0 Å². The zero-order valence-electron chi connectivity index (χ0n) is 9.92. The van der Waals surface area contributed by atoms with Crippen LogP contribution in [0.4, 0.5) is 14.5 Å². The zero-order valence-corrected chi connectivity index (χ0v) is 9.92. The van der Waals surface area contributed by atoms with E-state index in [1.54, 1.807) is 6.92 Å². The molecule has 0 saturated heterocycles. The average Bonchev–Trinajstić information content (AvgIpc) is 2.35. The summed E-state index contributed by atoms with van der Waals surface area (Å²) in [5, 5.41) is 3.44. The summed E-state index contributed by atoms with van der Waals surface area (Å²) >= 11 is 0. The SMILES string of the molecule is CC.Cc1cc(N=O)cc2ccc(F)c(F)c12. The highest BCUT2D eigenvalue weighted by Gasteiger charge is 2.10. The largest absolute Gasteiger partial charge is 0.204 e. The molecule has 0 fully saturated rings. The molecule has 0 spiro atoms. The van der Waals surface area contributed by atoms with E-state index < -0.39 is 11.6 Å². The fourth-order valence-corrected chi connectivity index (χ4v) is 1.63. The van der Waals surface area contributed by atoms with Crippen LogP contribution in [0.1, 0.15) is 19.4 Å². The van der Waals surface area contributed by atoms with Gasteiger partial charge < -0.3 is 0 Å². The van der Waals surface area contributed by atoms with E-state index in [2.05, 4.69) is 5.18 Å². The Hall–Kier alpha value is -1.84. The number of benzene rings is 2. The lowest BCUT2D eigenvalue weighted by molar-refractivity contribution is 0.517. The van der Waals surface area contributed by atoms with Crippen molar-refractivity contribution in [2.45, 2.75) is 20.8 Å². The number of aryl methyl sites for hydroxylation is 1. The molecule has 0 heterocycles. The van der Waals surface area contributed by atoms with E-state index in [0.29, 0.717) is 10.9 Å². The number of nitrogens with zero attached hydrogens (tertiary/aromatic N) is 1. The first-order valence-corrected chi connectivity index (χ1v) is 5.35. The Bertz CT molecular complexity index is 553. The fourth-order valence-electron chi connectivity index (χ4n) is 1.63. The number of rotatable bonds is 1. The topological polar surface area (TPSA) is 29.4 Å². The van der Waals surface area contributed by atoms with E-state index in [4.69, 9.17) is 0 Å². The normalized spacial score (nSPS) is 9.71. The molecule has 17 heavy (non-hydrogen) atoms. The van der Waals surface area contributed by atoms with Crippen molar-refractivity contribution in [1.29, 1.82) is 0 Å². The first-order chi connectivity index (χ1) is 8.13. The molecule has 4 heteroatoms. The van der Waals surface area contributed by atoms with Gasteiger partial charge in [0.2, 0.25) is 0 Å². The lowest BCUT2D eigenvalue weighted by Gasteiger charge is -2.04. The minimum Gasteiger partial charge on any atom is -0.204 e. The van der Waals surface area contributed by atoms with Crippen LogP contribution in [0.3, 0.4) is 0 Å².